The van der Waals surface area contributed by atoms with Gasteiger partial charge in [-0.25, -0.2) is 4.79 Å². The van der Waals surface area contributed by atoms with Crippen molar-refractivity contribution in [3.8, 4) is 40.5 Å². The Kier molecular flexibility index (Phi) is 12.8. The number of hydrogen-bond acceptors (Lipinski definition) is 7. The van der Waals surface area contributed by atoms with Gasteiger partial charge < -0.3 is 24.8 Å². The van der Waals surface area contributed by atoms with Gasteiger partial charge in [0.25, 0.3) is 5.91 Å². The number of ether oxygens (including phenoxy) is 2. The molecule has 8 rings (SSSR count). The molecule has 3 unspecified atom stereocenters. The summed E-state index contributed by atoms with van der Waals surface area (Å²) in [4.78, 5) is 44.2. The summed E-state index contributed by atoms with van der Waals surface area (Å²) in [7, 11) is 1.70. The van der Waals surface area contributed by atoms with Crippen molar-refractivity contribution in [2.75, 3.05) is 18.5 Å². The Morgan fingerprint density at radius 3 is 2.24 bits per heavy atom. The van der Waals surface area contributed by atoms with Crippen molar-refractivity contribution >= 4 is 46.7 Å². The zero-order chi connectivity index (χ0) is 44.0. The highest BCUT2D eigenvalue weighted by molar-refractivity contribution is 6.42. The largest absolute Gasteiger partial charge is 0.489 e. The van der Waals surface area contributed by atoms with Crippen molar-refractivity contribution in [1.82, 2.24) is 10.2 Å². The molecule has 6 aromatic carbocycles. The number of likely N-dealkylation sites (N-methyl/N-ethyl adjacent to an activating group) is 1. The van der Waals surface area contributed by atoms with Crippen LogP contribution in [0.5, 0.6) is 11.5 Å². The molecule has 0 aromatic heterocycles. The quantitative estimate of drug-likeness (QED) is 0.124. The summed E-state index contributed by atoms with van der Waals surface area (Å²) < 4.78 is 12.4. The maximum atomic E-state index is 14.2. The Morgan fingerprint density at radius 1 is 0.857 bits per heavy atom. The zero-order valence-corrected chi connectivity index (χ0v) is 35.6. The number of aliphatic carboxylic acids is 1. The maximum Gasteiger partial charge on any atom is 0.326 e. The molecule has 2 heterocycles. The Bertz CT molecular complexity index is 2780. The molecule has 3 atom stereocenters. The van der Waals surface area contributed by atoms with E-state index in [1.54, 1.807) is 60.5 Å². The third kappa shape index (κ3) is 9.86. The molecule has 2 amide bonds. The highest BCUT2D eigenvalue weighted by Crippen LogP contribution is 2.42. The van der Waals surface area contributed by atoms with Crippen LogP contribution in [0.3, 0.4) is 0 Å². The van der Waals surface area contributed by atoms with E-state index in [1.807, 2.05) is 89.8 Å². The molecule has 0 saturated heterocycles. The number of carboxylic acids is 1. The molecular formula is C51H40Cl2N4O6. The van der Waals surface area contributed by atoms with Crippen LogP contribution in [-0.4, -0.2) is 53.5 Å². The molecule has 0 fully saturated rings. The van der Waals surface area contributed by atoms with Gasteiger partial charge in [-0.05, 0) is 100 Å². The summed E-state index contributed by atoms with van der Waals surface area (Å²) in [5.74, 6) is 5.67. The van der Waals surface area contributed by atoms with Crippen LogP contribution in [-0.2, 0) is 40.4 Å². The number of benzene rings is 6. The molecule has 2 aliphatic rings. The fourth-order valence-corrected chi connectivity index (χ4v) is 8.02. The Hall–Kier alpha value is -7.08. The van der Waals surface area contributed by atoms with Crippen LogP contribution in [0.2, 0.25) is 10.0 Å². The minimum atomic E-state index is -1.20. The summed E-state index contributed by atoms with van der Waals surface area (Å²) >= 11 is 12.2. The summed E-state index contributed by atoms with van der Waals surface area (Å²) in [6.07, 6.45) is -0.582. The van der Waals surface area contributed by atoms with Gasteiger partial charge in [-0.15, -0.1) is 0 Å². The summed E-state index contributed by atoms with van der Waals surface area (Å²) in [6.45, 7) is 0.847. The minimum Gasteiger partial charge on any atom is -0.489 e. The summed E-state index contributed by atoms with van der Waals surface area (Å²) in [5.41, 5.74) is 7.81. The molecule has 10 nitrogen and oxygen atoms in total. The number of nitriles is 1. The first-order chi connectivity index (χ1) is 30.5. The maximum absolute atomic E-state index is 14.2. The summed E-state index contributed by atoms with van der Waals surface area (Å²) in [5, 5.41) is 23.2. The highest BCUT2D eigenvalue weighted by Gasteiger charge is 2.38. The standard InChI is InChI=1S/C51H40Cl2N4O6/c1-56-45-26-39-27-46(49(58)55-44(51(60)61)25-33-9-14-36(15-10-33)37-16-11-34(29-54)12-17-37)57(23-5-8-32-6-3-2-4-7-32)30-40(39)28-47(45)63-48(50(56)59)38-18-20-41(21-19-38)62-31-35-13-22-42(52)43(53)24-35/h2-4,6-7,9-22,24,26,28,44,46,48H,23,25,27,30-31H2,1H3,(H,55,58)(H,60,61). The fourth-order valence-electron chi connectivity index (χ4n) is 7.69. The van der Waals surface area contributed by atoms with Gasteiger partial charge in [-0.3, -0.25) is 14.5 Å². The van der Waals surface area contributed by atoms with Gasteiger partial charge in [-0.2, -0.15) is 5.26 Å². The van der Waals surface area contributed by atoms with Crippen LogP contribution < -0.4 is 19.7 Å². The number of fused-ring (bicyclic) bond motifs is 2. The Labute approximate surface area is 375 Å². The van der Waals surface area contributed by atoms with E-state index in [1.165, 1.54) is 0 Å². The van der Waals surface area contributed by atoms with Gasteiger partial charge in [0.15, 0.2) is 0 Å². The lowest BCUT2D eigenvalue weighted by atomic mass is 9.91. The average molecular weight is 876 g/mol. The molecule has 314 valence electrons. The highest BCUT2D eigenvalue weighted by atomic mass is 35.5. The van der Waals surface area contributed by atoms with Crippen molar-refractivity contribution in [2.24, 2.45) is 0 Å². The van der Waals surface area contributed by atoms with Gasteiger partial charge >= 0.3 is 5.97 Å². The third-order valence-electron chi connectivity index (χ3n) is 11.2. The molecule has 0 bridgehead atoms. The molecule has 12 heteroatoms. The Balaban J connectivity index is 0.997. The third-order valence-corrected chi connectivity index (χ3v) is 11.9. The van der Waals surface area contributed by atoms with Crippen LogP contribution in [0.25, 0.3) is 11.1 Å². The number of hydrogen-bond donors (Lipinski definition) is 2. The van der Waals surface area contributed by atoms with Gasteiger partial charge in [0, 0.05) is 31.1 Å². The average Bonchev–Trinajstić information content (AvgIpc) is 3.30. The number of amides is 2. The molecule has 63 heavy (non-hydrogen) atoms. The van der Waals surface area contributed by atoms with E-state index in [-0.39, 0.29) is 31.9 Å². The van der Waals surface area contributed by atoms with Gasteiger partial charge in [0.2, 0.25) is 12.0 Å². The smallest absolute Gasteiger partial charge is 0.326 e. The van der Waals surface area contributed by atoms with E-state index in [0.29, 0.717) is 44.9 Å². The van der Waals surface area contributed by atoms with Crippen LogP contribution in [0.1, 0.15) is 45.0 Å². The lowest BCUT2D eigenvalue weighted by molar-refractivity contribution is -0.142. The molecule has 0 radical (unpaired) electrons. The zero-order valence-electron chi connectivity index (χ0n) is 34.1. The van der Waals surface area contributed by atoms with Crippen molar-refractivity contribution in [2.45, 2.75) is 44.2 Å². The number of nitrogens with zero attached hydrogens (tertiary/aromatic N) is 3. The molecular weight excluding hydrogens is 835 g/mol. The topological polar surface area (TPSA) is 132 Å². The van der Waals surface area contributed by atoms with Crippen molar-refractivity contribution in [1.29, 1.82) is 5.26 Å². The monoisotopic (exact) mass is 874 g/mol. The van der Waals surface area contributed by atoms with Crippen molar-refractivity contribution in [3.05, 3.63) is 182 Å². The number of carbonyl (C=O) groups is 3. The SMILES string of the molecule is CN1C(=O)C(c2ccc(OCc3ccc(Cl)c(Cl)c3)cc2)Oc2cc3c(cc21)CC(C(=O)NC(Cc1ccc(-c2ccc(C#N)cc2)cc1)C(=O)O)N(CC#Cc1ccccc1)C3. The van der Waals surface area contributed by atoms with Crippen LogP contribution in [0, 0.1) is 23.2 Å². The predicted molar refractivity (Wildman–Crippen MR) is 242 cm³/mol. The van der Waals surface area contributed by atoms with E-state index >= 15 is 0 Å². The molecule has 0 aliphatic carbocycles. The van der Waals surface area contributed by atoms with Gasteiger partial charge in [0.1, 0.15) is 24.1 Å². The first-order valence-corrected chi connectivity index (χ1v) is 21.0. The lowest BCUT2D eigenvalue weighted by Gasteiger charge is -2.38. The number of anilines is 1. The van der Waals surface area contributed by atoms with Crippen LogP contribution in [0.15, 0.2) is 133 Å². The van der Waals surface area contributed by atoms with E-state index in [9.17, 15) is 19.5 Å². The fraction of sp³-hybridized carbons (Fsp3) is 0.176. The minimum absolute atomic E-state index is 0.0687. The lowest BCUT2D eigenvalue weighted by Crippen LogP contribution is -2.54. The van der Waals surface area contributed by atoms with E-state index in [2.05, 4.69) is 23.2 Å². The van der Waals surface area contributed by atoms with E-state index in [0.717, 1.165) is 38.9 Å². The second kappa shape index (κ2) is 18.9. The van der Waals surface area contributed by atoms with Crippen LogP contribution >= 0.6 is 23.2 Å². The van der Waals surface area contributed by atoms with E-state index < -0.39 is 30.1 Å². The first kappa shape index (κ1) is 42.6. The number of halogens is 2. The van der Waals surface area contributed by atoms with E-state index in [4.69, 9.17) is 37.9 Å². The normalized spacial score (nSPS) is 16.0. The van der Waals surface area contributed by atoms with Gasteiger partial charge in [0.05, 0.1) is 40.0 Å². The Morgan fingerprint density at radius 2 is 1.56 bits per heavy atom. The molecule has 6 aromatic rings. The number of nitrogens with one attached hydrogen (secondary N) is 1. The van der Waals surface area contributed by atoms with Crippen LogP contribution in [0.4, 0.5) is 5.69 Å². The summed E-state index contributed by atoms with van der Waals surface area (Å²) in [6, 6.07) is 40.7. The van der Waals surface area contributed by atoms with Gasteiger partial charge in [-0.1, -0.05) is 108 Å². The van der Waals surface area contributed by atoms with Crippen molar-refractivity contribution < 1.29 is 29.0 Å². The molecule has 2 N–H and O–H groups in total. The van der Waals surface area contributed by atoms with Crippen molar-refractivity contribution in [3.63, 3.8) is 0 Å². The molecule has 0 spiro atoms. The predicted octanol–water partition coefficient (Wildman–Crippen LogP) is 8.80. The number of carboxylic acid groups (broad SMARTS) is 1. The first-order valence-electron chi connectivity index (χ1n) is 20.2. The molecule has 2 aliphatic heterocycles. The second-order valence-corrected chi connectivity index (χ2v) is 16.2. The number of carbonyl (C=O) groups excluding carboxylic acids is 2. The molecule has 0 saturated carbocycles. The second-order valence-electron chi connectivity index (χ2n) is 15.4. The number of rotatable bonds is 11.